The van der Waals surface area contributed by atoms with Crippen molar-refractivity contribution in [1.29, 1.82) is 5.26 Å². The van der Waals surface area contributed by atoms with E-state index in [-0.39, 0.29) is 11.0 Å². The molecule has 1 aromatic carbocycles. The van der Waals surface area contributed by atoms with Crippen molar-refractivity contribution < 1.29 is 4.92 Å². The summed E-state index contributed by atoms with van der Waals surface area (Å²) < 4.78 is 0. The molecule has 20 heavy (non-hydrogen) atoms. The van der Waals surface area contributed by atoms with Gasteiger partial charge in [0.2, 0.25) is 11.0 Å². The van der Waals surface area contributed by atoms with Crippen molar-refractivity contribution in [1.82, 2.24) is 9.97 Å². The molecule has 100 valence electrons. The summed E-state index contributed by atoms with van der Waals surface area (Å²) in [7, 11) is 1.57. The number of anilines is 2. The molecule has 1 heterocycles. The van der Waals surface area contributed by atoms with E-state index in [0.29, 0.717) is 11.3 Å². The Morgan fingerprint density at radius 1 is 1.40 bits per heavy atom. The van der Waals surface area contributed by atoms with Gasteiger partial charge in [-0.25, -0.2) is 9.97 Å². The fourth-order valence-electron chi connectivity index (χ4n) is 1.73. The first kappa shape index (κ1) is 13.7. The van der Waals surface area contributed by atoms with E-state index in [1.807, 2.05) is 6.07 Å². The van der Waals surface area contributed by atoms with Crippen molar-refractivity contribution >= 4 is 28.8 Å². The summed E-state index contributed by atoms with van der Waals surface area (Å²) in [4.78, 5) is 19.4. The lowest BCUT2D eigenvalue weighted by Gasteiger charge is -2.19. The van der Waals surface area contributed by atoms with Crippen LogP contribution in [0.25, 0.3) is 0 Å². The third-order valence-electron chi connectivity index (χ3n) is 2.64. The van der Waals surface area contributed by atoms with Gasteiger partial charge in [-0.05, 0) is 12.1 Å². The van der Waals surface area contributed by atoms with Crippen molar-refractivity contribution in [3.05, 3.63) is 51.4 Å². The normalized spacial score (nSPS) is 9.85. The number of nitrogens with zero attached hydrogens (tertiary/aromatic N) is 5. The van der Waals surface area contributed by atoms with Crippen molar-refractivity contribution in [3.63, 3.8) is 0 Å². The molecule has 0 radical (unpaired) electrons. The lowest BCUT2D eigenvalue weighted by Crippen LogP contribution is -2.15. The zero-order chi connectivity index (χ0) is 14.7. The molecule has 0 amide bonds. The number of hydrogen-bond donors (Lipinski definition) is 0. The van der Waals surface area contributed by atoms with Gasteiger partial charge in [-0.15, -0.1) is 0 Å². The molecular formula is C12H8ClN5O2. The Labute approximate surface area is 119 Å². The van der Waals surface area contributed by atoms with E-state index in [2.05, 4.69) is 9.97 Å². The maximum atomic E-state index is 11.1. The van der Waals surface area contributed by atoms with Crippen molar-refractivity contribution in [3.8, 4) is 6.07 Å². The summed E-state index contributed by atoms with van der Waals surface area (Å²) in [5, 5.41) is 19.9. The Balaban J connectivity index is 2.60. The Hall–Kier alpha value is -2.72. The van der Waals surface area contributed by atoms with Crippen LogP contribution in [0.15, 0.2) is 30.6 Å². The number of hydrogen-bond acceptors (Lipinski definition) is 6. The van der Waals surface area contributed by atoms with Gasteiger partial charge in [0.05, 0.1) is 16.2 Å². The minimum absolute atomic E-state index is 0.0256. The number of para-hydroxylation sites is 1. The van der Waals surface area contributed by atoms with E-state index in [0.717, 1.165) is 6.33 Å². The van der Waals surface area contributed by atoms with Gasteiger partial charge in [0.25, 0.3) is 0 Å². The predicted octanol–water partition coefficient (Wildman–Crippen LogP) is 2.68. The molecule has 0 aliphatic carbocycles. The van der Waals surface area contributed by atoms with Gasteiger partial charge >= 0.3 is 5.69 Å². The molecule has 0 spiro atoms. The van der Waals surface area contributed by atoms with Crippen LogP contribution in [-0.2, 0) is 0 Å². The third-order valence-corrected chi connectivity index (χ3v) is 2.92. The molecule has 0 N–H and O–H groups in total. The number of halogens is 1. The fraction of sp³-hybridized carbons (Fsp3) is 0.0833. The predicted molar refractivity (Wildman–Crippen MR) is 72.9 cm³/mol. The highest BCUT2D eigenvalue weighted by atomic mass is 35.5. The molecule has 0 fully saturated rings. The molecule has 0 saturated heterocycles. The number of rotatable bonds is 3. The monoisotopic (exact) mass is 289 g/mol. The Morgan fingerprint density at radius 3 is 2.75 bits per heavy atom. The molecule has 7 nitrogen and oxygen atoms in total. The average Bonchev–Trinajstić information content (AvgIpc) is 2.45. The molecule has 1 aromatic heterocycles. The van der Waals surface area contributed by atoms with Crippen LogP contribution in [0, 0.1) is 21.4 Å². The highest BCUT2D eigenvalue weighted by Crippen LogP contribution is 2.35. The molecule has 0 aliphatic heterocycles. The van der Waals surface area contributed by atoms with Crippen molar-refractivity contribution in [2.24, 2.45) is 0 Å². The topological polar surface area (TPSA) is 96.0 Å². The van der Waals surface area contributed by atoms with E-state index in [1.54, 1.807) is 31.3 Å². The van der Waals surface area contributed by atoms with E-state index in [4.69, 9.17) is 16.9 Å². The summed E-state index contributed by atoms with van der Waals surface area (Å²) in [6.07, 6.45) is 1.14. The largest absolute Gasteiger partial charge is 0.348 e. The molecule has 0 atom stereocenters. The Kier molecular flexibility index (Phi) is 3.77. The zero-order valence-electron chi connectivity index (χ0n) is 10.3. The SMILES string of the molecule is CN(c1ccccc1C#N)c1ncnc(Cl)c1[N+](=O)[O-]. The molecule has 0 aliphatic rings. The summed E-state index contributed by atoms with van der Waals surface area (Å²) in [5.41, 5.74) is 0.469. The second kappa shape index (κ2) is 5.50. The molecule has 8 heteroatoms. The van der Waals surface area contributed by atoms with Gasteiger partial charge in [0, 0.05) is 7.05 Å². The second-order valence-electron chi connectivity index (χ2n) is 3.78. The van der Waals surface area contributed by atoms with Gasteiger partial charge < -0.3 is 4.90 Å². The fourth-order valence-corrected chi connectivity index (χ4v) is 1.92. The van der Waals surface area contributed by atoms with Gasteiger partial charge in [0.15, 0.2) is 0 Å². The highest BCUT2D eigenvalue weighted by molar-refractivity contribution is 6.31. The Bertz CT molecular complexity index is 713. The van der Waals surface area contributed by atoms with Crippen molar-refractivity contribution in [2.75, 3.05) is 11.9 Å². The van der Waals surface area contributed by atoms with Crippen LogP contribution in [0.4, 0.5) is 17.2 Å². The van der Waals surface area contributed by atoms with Crippen molar-refractivity contribution in [2.45, 2.75) is 0 Å². The van der Waals surface area contributed by atoms with Crippen LogP contribution in [0.5, 0.6) is 0 Å². The number of benzene rings is 1. The van der Waals surface area contributed by atoms with E-state index >= 15 is 0 Å². The smallest absolute Gasteiger partial charge is 0.322 e. The Morgan fingerprint density at radius 2 is 2.10 bits per heavy atom. The van der Waals surface area contributed by atoms with E-state index in [9.17, 15) is 10.1 Å². The number of aromatic nitrogens is 2. The average molecular weight is 290 g/mol. The maximum Gasteiger partial charge on any atom is 0.348 e. The number of nitro groups is 1. The molecule has 2 rings (SSSR count). The van der Waals surface area contributed by atoms with Gasteiger partial charge in [-0.1, -0.05) is 23.7 Å². The molecular weight excluding hydrogens is 282 g/mol. The highest BCUT2D eigenvalue weighted by Gasteiger charge is 2.25. The molecule has 2 aromatic rings. The van der Waals surface area contributed by atoms with Crippen LogP contribution in [-0.4, -0.2) is 21.9 Å². The zero-order valence-corrected chi connectivity index (χ0v) is 11.1. The van der Waals surface area contributed by atoms with Gasteiger partial charge in [0.1, 0.15) is 12.4 Å². The maximum absolute atomic E-state index is 11.1. The summed E-state index contributed by atoms with van der Waals surface area (Å²) in [5.74, 6) is 0.0256. The first-order valence-electron chi connectivity index (χ1n) is 5.44. The van der Waals surface area contributed by atoms with Gasteiger partial charge in [-0.2, -0.15) is 5.26 Å². The van der Waals surface area contributed by atoms with E-state index < -0.39 is 10.6 Å². The molecule has 0 saturated carbocycles. The summed E-state index contributed by atoms with van der Waals surface area (Å²) in [6.45, 7) is 0. The summed E-state index contributed by atoms with van der Waals surface area (Å²) >= 11 is 5.75. The molecule has 0 unspecified atom stereocenters. The molecule has 0 bridgehead atoms. The quantitative estimate of drug-likeness (QED) is 0.489. The van der Waals surface area contributed by atoms with Crippen LogP contribution in [0.2, 0.25) is 5.15 Å². The first-order chi connectivity index (χ1) is 9.56. The van der Waals surface area contributed by atoms with Crippen LogP contribution in [0.3, 0.4) is 0 Å². The van der Waals surface area contributed by atoms with Crippen LogP contribution in [0.1, 0.15) is 5.56 Å². The van der Waals surface area contributed by atoms with E-state index in [1.165, 1.54) is 4.90 Å². The van der Waals surface area contributed by atoms with Crippen LogP contribution < -0.4 is 4.90 Å². The third kappa shape index (κ3) is 2.37. The number of nitriles is 1. The minimum Gasteiger partial charge on any atom is -0.322 e. The lowest BCUT2D eigenvalue weighted by molar-refractivity contribution is -0.384. The van der Waals surface area contributed by atoms with Crippen LogP contribution >= 0.6 is 11.6 Å². The second-order valence-corrected chi connectivity index (χ2v) is 4.14. The first-order valence-corrected chi connectivity index (χ1v) is 5.81. The van der Waals surface area contributed by atoms with Gasteiger partial charge in [-0.3, -0.25) is 10.1 Å². The standard InChI is InChI=1S/C12H8ClN5O2/c1-17(9-5-3-2-4-8(9)6-14)12-10(18(19)20)11(13)15-7-16-12/h2-5,7H,1H3. The lowest BCUT2D eigenvalue weighted by atomic mass is 10.2. The summed E-state index contributed by atoms with van der Waals surface area (Å²) in [6, 6.07) is 8.73. The minimum atomic E-state index is -0.650.